The fraction of sp³-hybridized carbons (Fsp3) is 0.345. The highest BCUT2D eigenvalue weighted by molar-refractivity contribution is 5.83. The minimum atomic E-state index is -0.768. The number of ether oxygens (including phenoxy) is 1. The molecular formula is C29H35F2N3O2. The third-order valence-corrected chi connectivity index (χ3v) is 6.49. The van der Waals surface area contributed by atoms with Gasteiger partial charge in [-0.2, -0.15) is 5.10 Å². The van der Waals surface area contributed by atoms with Gasteiger partial charge in [-0.15, -0.1) is 0 Å². The Hall–Kier alpha value is -3.45. The van der Waals surface area contributed by atoms with E-state index < -0.39 is 11.9 Å². The first kappa shape index (κ1) is 27.1. The van der Waals surface area contributed by atoms with E-state index in [9.17, 15) is 13.9 Å². The summed E-state index contributed by atoms with van der Waals surface area (Å²) in [6.45, 7) is 11.9. The summed E-state index contributed by atoms with van der Waals surface area (Å²) in [5.41, 5.74) is 9.45. The van der Waals surface area contributed by atoms with Crippen LogP contribution in [0.1, 0.15) is 56.4 Å². The number of aliphatic hydroxyl groups excluding tert-OH is 1. The maximum absolute atomic E-state index is 14.8. The Labute approximate surface area is 212 Å². The van der Waals surface area contributed by atoms with E-state index in [4.69, 9.17) is 10.5 Å². The molecule has 2 aromatic carbocycles. The molecular weight excluding hydrogens is 460 g/mol. The average Bonchev–Trinajstić information content (AvgIpc) is 2.86. The van der Waals surface area contributed by atoms with Crippen LogP contribution in [-0.4, -0.2) is 22.6 Å². The summed E-state index contributed by atoms with van der Waals surface area (Å²) < 4.78 is 33.8. The van der Waals surface area contributed by atoms with E-state index in [1.54, 1.807) is 42.4 Å². The normalized spacial score (nSPS) is 16.5. The first-order valence-corrected chi connectivity index (χ1v) is 12.2. The number of aliphatic hydroxyl groups is 1. The summed E-state index contributed by atoms with van der Waals surface area (Å²) in [4.78, 5) is 0. The number of hydrogen-bond donors (Lipinski definition) is 2. The highest BCUT2D eigenvalue weighted by atomic mass is 19.1. The first-order chi connectivity index (χ1) is 17.1. The fourth-order valence-electron chi connectivity index (χ4n) is 3.76. The van der Waals surface area contributed by atoms with E-state index in [1.165, 1.54) is 12.1 Å². The van der Waals surface area contributed by atoms with Crippen molar-refractivity contribution in [1.29, 1.82) is 0 Å². The molecule has 2 aromatic rings. The Morgan fingerprint density at radius 3 is 2.53 bits per heavy atom. The van der Waals surface area contributed by atoms with E-state index >= 15 is 0 Å². The largest absolute Gasteiger partial charge is 0.490 e. The van der Waals surface area contributed by atoms with E-state index in [-0.39, 0.29) is 30.0 Å². The van der Waals surface area contributed by atoms with Crippen molar-refractivity contribution < 1.29 is 18.6 Å². The van der Waals surface area contributed by atoms with Crippen LogP contribution in [0.3, 0.4) is 0 Å². The van der Waals surface area contributed by atoms with Crippen LogP contribution in [0, 0.1) is 30.4 Å². The Bertz CT molecular complexity index is 1170. The number of aryl methyl sites for hydroxylation is 1. The second-order valence-electron chi connectivity index (χ2n) is 9.30. The third kappa shape index (κ3) is 6.61. The molecule has 0 fully saturated rings. The van der Waals surface area contributed by atoms with Crippen molar-refractivity contribution in [3.8, 4) is 5.75 Å². The lowest BCUT2D eigenvalue weighted by Gasteiger charge is -2.22. The Morgan fingerprint density at radius 2 is 1.89 bits per heavy atom. The minimum Gasteiger partial charge on any atom is -0.490 e. The number of hydrazone groups is 1. The van der Waals surface area contributed by atoms with E-state index in [0.29, 0.717) is 29.1 Å². The number of amidine groups is 1. The molecule has 3 rings (SSSR count). The number of nitrogens with two attached hydrogens (primary N) is 1. The molecule has 2 unspecified atom stereocenters. The predicted octanol–water partition coefficient (Wildman–Crippen LogP) is 6.46. The molecule has 192 valence electrons. The van der Waals surface area contributed by atoms with Gasteiger partial charge >= 0.3 is 0 Å². The fourth-order valence-corrected chi connectivity index (χ4v) is 3.76. The standard InChI is InChI=1S/C29H35F2N3O2/c1-6-18(2)29(32)33-34-13-11-23(16-21(34)5)24-15-20(4)27(31)26(17-24)36-14-12-19(3)28(35)22-7-9-25(30)10-8-22/h7-11,13,15-19,28,35H,5-6,12,14H2,1-4H3,(H2,32,33)/t18?,19-,28?/m0/s1. The molecule has 0 saturated heterocycles. The molecule has 0 saturated carbocycles. The second kappa shape index (κ2) is 12.0. The van der Waals surface area contributed by atoms with Crippen LogP contribution >= 0.6 is 0 Å². The lowest BCUT2D eigenvalue weighted by molar-refractivity contribution is 0.101. The topological polar surface area (TPSA) is 71.1 Å². The maximum Gasteiger partial charge on any atom is 0.168 e. The van der Waals surface area contributed by atoms with Crippen molar-refractivity contribution in [2.75, 3.05) is 6.61 Å². The molecule has 3 N–H and O–H groups in total. The molecule has 1 aliphatic heterocycles. The SMILES string of the molecule is C=C1C=C(c2cc(C)c(F)c(OCC[C@H](C)C(O)c3ccc(F)cc3)c2)C=CN1/N=C(/N)C(C)CC. The van der Waals surface area contributed by atoms with Crippen molar-refractivity contribution in [1.82, 2.24) is 5.01 Å². The van der Waals surface area contributed by atoms with Gasteiger partial charge in [0.05, 0.1) is 18.4 Å². The molecule has 0 bridgehead atoms. The van der Waals surface area contributed by atoms with Gasteiger partial charge in [0.1, 0.15) is 11.7 Å². The quantitative estimate of drug-likeness (QED) is 0.293. The van der Waals surface area contributed by atoms with Crippen LogP contribution in [-0.2, 0) is 0 Å². The van der Waals surface area contributed by atoms with Crippen molar-refractivity contribution in [3.05, 3.63) is 95.4 Å². The van der Waals surface area contributed by atoms with Gasteiger partial charge in [0.25, 0.3) is 0 Å². The van der Waals surface area contributed by atoms with Gasteiger partial charge in [0, 0.05) is 12.1 Å². The molecule has 1 aliphatic rings. The van der Waals surface area contributed by atoms with E-state index in [0.717, 1.165) is 17.6 Å². The van der Waals surface area contributed by atoms with Crippen molar-refractivity contribution in [2.45, 2.75) is 46.6 Å². The second-order valence-corrected chi connectivity index (χ2v) is 9.30. The summed E-state index contributed by atoms with van der Waals surface area (Å²) >= 11 is 0. The number of benzene rings is 2. The zero-order chi connectivity index (χ0) is 26.4. The molecule has 36 heavy (non-hydrogen) atoms. The van der Waals surface area contributed by atoms with Crippen molar-refractivity contribution in [3.63, 3.8) is 0 Å². The summed E-state index contributed by atoms with van der Waals surface area (Å²) in [5, 5.41) is 16.6. The molecule has 7 heteroatoms. The van der Waals surface area contributed by atoms with Crippen molar-refractivity contribution >= 4 is 11.4 Å². The zero-order valence-corrected chi connectivity index (χ0v) is 21.3. The Morgan fingerprint density at radius 1 is 1.19 bits per heavy atom. The molecule has 0 amide bonds. The number of allylic oxidation sites excluding steroid dienone is 3. The molecule has 5 nitrogen and oxygen atoms in total. The third-order valence-electron chi connectivity index (χ3n) is 6.49. The van der Waals surface area contributed by atoms with Crippen LogP contribution in [0.15, 0.2) is 72.1 Å². The molecule has 1 heterocycles. The van der Waals surface area contributed by atoms with Gasteiger partial charge < -0.3 is 15.6 Å². The number of hydrogen-bond acceptors (Lipinski definition) is 4. The van der Waals surface area contributed by atoms with Gasteiger partial charge in [-0.1, -0.05) is 39.5 Å². The molecule has 0 aromatic heterocycles. The Balaban J connectivity index is 1.68. The molecule has 0 aliphatic carbocycles. The van der Waals surface area contributed by atoms with E-state index in [2.05, 4.69) is 18.6 Å². The predicted molar refractivity (Wildman–Crippen MR) is 141 cm³/mol. The highest BCUT2D eigenvalue weighted by Gasteiger charge is 2.19. The van der Waals surface area contributed by atoms with E-state index in [1.807, 2.05) is 26.0 Å². The minimum absolute atomic E-state index is 0.148. The monoisotopic (exact) mass is 495 g/mol. The summed E-state index contributed by atoms with van der Waals surface area (Å²) in [6.07, 6.45) is 6.14. The number of halogens is 2. The summed E-state index contributed by atoms with van der Waals surface area (Å²) in [6, 6.07) is 9.20. The van der Waals surface area contributed by atoms with Gasteiger partial charge in [0.15, 0.2) is 11.6 Å². The maximum atomic E-state index is 14.8. The van der Waals surface area contributed by atoms with Gasteiger partial charge in [-0.25, -0.2) is 13.8 Å². The molecule has 3 atom stereocenters. The lowest BCUT2D eigenvalue weighted by atomic mass is 9.95. The smallest absolute Gasteiger partial charge is 0.168 e. The molecule has 0 spiro atoms. The van der Waals surface area contributed by atoms with Crippen LogP contribution in [0.4, 0.5) is 8.78 Å². The lowest BCUT2D eigenvalue weighted by Crippen LogP contribution is -2.25. The first-order valence-electron chi connectivity index (χ1n) is 12.2. The summed E-state index contributed by atoms with van der Waals surface area (Å²) in [7, 11) is 0. The average molecular weight is 496 g/mol. The van der Waals surface area contributed by atoms with Gasteiger partial charge in [-0.05, 0) is 84.4 Å². The van der Waals surface area contributed by atoms with Gasteiger partial charge in [-0.3, -0.25) is 0 Å². The van der Waals surface area contributed by atoms with Crippen LogP contribution < -0.4 is 10.5 Å². The zero-order valence-electron chi connectivity index (χ0n) is 21.3. The molecule has 0 radical (unpaired) electrons. The van der Waals surface area contributed by atoms with Crippen LogP contribution in [0.25, 0.3) is 5.57 Å². The summed E-state index contributed by atoms with van der Waals surface area (Å²) in [5.74, 6) is -0.0887. The van der Waals surface area contributed by atoms with Crippen molar-refractivity contribution in [2.24, 2.45) is 22.7 Å². The van der Waals surface area contributed by atoms with Gasteiger partial charge in [0.2, 0.25) is 0 Å². The number of nitrogens with zero attached hydrogens (tertiary/aromatic N) is 2. The number of rotatable bonds is 10. The highest BCUT2D eigenvalue weighted by Crippen LogP contribution is 2.31. The Kier molecular flexibility index (Phi) is 9.04. The van der Waals surface area contributed by atoms with Crippen LogP contribution in [0.5, 0.6) is 5.75 Å². The van der Waals surface area contributed by atoms with Crippen LogP contribution in [0.2, 0.25) is 0 Å².